The summed E-state index contributed by atoms with van der Waals surface area (Å²) in [4.78, 5) is 24.7. The molecule has 0 atom stereocenters. The molecule has 9 nitrogen and oxygen atoms in total. The number of aryl methyl sites for hydroxylation is 2. The second kappa shape index (κ2) is 10.7. The van der Waals surface area contributed by atoms with Gasteiger partial charge in [0.05, 0.1) is 34.4 Å². The van der Waals surface area contributed by atoms with E-state index in [4.69, 9.17) is 14.7 Å². The molecule has 0 bridgehead atoms. The zero-order valence-corrected chi connectivity index (χ0v) is 21.4. The Labute approximate surface area is 210 Å². The van der Waals surface area contributed by atoms with Crippen LogP contribution in [0.4, 0.5) is 0 Å². The van der Waals surface area contributed by atoms with Crippen molar-refractivity contribution < 1.29 is 14.6 Å². The molecule has 0 aliphatic heterocycles. The topological polar surface area (TPSA) is 105 Å². The van der Waals surface area contributed by atoms with Gasteiger partial charge in [0.15, 0.2) is 0 Å². The van der Waals surface area contributed by atoms with Crippen LogP contribution in [0.3, 0.4) is 0 Å². The number of likely N-dealkylation sites (N-methyl/N-ethyl adjacent to an activating group) is 1. The van der Waals surface area contributed by atoms with Crippen molar-refractivity contribution in [1.29, 1.82) is 0 Å². The lowest BCUT2D eigenvalue weighted by atomic mass is 10.0. The van der Waals surface area contributed by atoms with E-state index < -0.39 is 0 Å². The Morgan fingerprint density at radius 3 is 2.64 bits per heavy atom. The number of hydrogen-bond donors (Lipinski definition) is 2. The summed E-state index contributed by atoms with van der Waals surface area (Å²) in [5.41, 5.74) is 5.02. The number of amides is 1. The smallest absolute Gasteiger partial charge is 0.254 e. The molecule has 188 valence electrons. The number of nitrogens with one attached hydrogen (secondary N) is 1. The maximum Gasteiger partial charge on any atom is 0.254 e. The van der Waals surface area contributed by atoms with Gasteiger partial charge in [-0.05, 0) is 64.2 Å². The van der Waals surface area contributed by atoms with Crippen LogP contribution >= 0.6 is 0 Å². The average Bonchev–Trinajstić information content (AvgIpc) is 3.22. The van der Waals surface area contributed by atoms with Crippen LogP contribution in [0, 0.1) is 13.8 Å². The number of aromatic nitrogens is 4. The summed E-state index contributed by atoms with van der Waals surface area (Å²) in [6.45, 7) is 8.38. The zero-order valence-electron chi connectivity index (χ0n) is 21.4. The number of benzene rings is 1. The molecule has 0 aliphatic carbocycles. The molecule has 3 aromatic heterocycles. The zero-order chi connectivity index (χ0) is 25.8. The number of ether oxygens (including phenoxy) is 1. The van der Waals surface area contributed by atoms with Crippen molar-refractivity contribution in [2.45, 2.75) is 33.9 Å². The maximum atomic E-state index is 13.7. The van der Waals surface area contributed by atoms with Gasteiger partial charge >= 0.3 is 0 Å². The molecule has 0 unspecified atom stereocenters. The predicted molar refractivity (Wildman–Crippen MR) is 139 cm³/mol. The third-order valence-electron chi connectivity index (χ3n) is 6.19. The van der Waals surface area contributed by atoms with Crippen LogP contribution in [0.25, 0.3) is 22.3 Å². The first-order chi connectivity index (χ1) is 17.3. The Balaban J connectivity index is 1.71. The molecule has 0 radical (unpaired) electrons. The van der Waals surface area contributed by atoms with Crippen LogP contribution in [0.5, 0.6) is 11.5 Å². The SMILES string of the molecule is CCn1ncc(CN(C)C(=O)c2cc(-c3ccc(OCCNC)c(C)n3)nc3ccc(O)cc23)c1C. The number of aromatic hydroxyl groups is 1. The van der Waals surface area contributed by atoms with Crippen LogP contribution in [0.1, 0.15) is 34.2 Å². The lowest BCUT2D eigenvalue weighted by Gasteiger charge is -2.19. The summed E-state index contributed by atoms with van der Waals surface area (Å²) < 4.78 is 7.69. The predicted octanol–water partition coefficient (Wildman–Crippen LogP) is 3.71. The highest BCUT2D eigenvalue weighted by Crippen LogP contribution is 2.29. The van der Waals surface area contributed by atoms with Crippen molar-refractivity contribution >= 4 is 16.8 Å². The van der Waals surface area contributed by atoms with Crippen LogP contribution in [0.2, 0.25) is 0 Å². The van der Waals surface area contributed by atoms with E-state index in [1.165, 1.54) is 0 Å². The van der Waals surface area contributed by atoms with E-state index in [2.05, 4.69) is 10.4 Å². The van der Waals surface area contributed by atoms with Gasteiger partial charge in [-0.25, -0.2) is 9.97 Å². The fourth-order valence-corrected chi connectivity index (χ4v) is 4.12. The second-order valence-corrected chi connectivity index (χ2v) is 8.72. The summed E-state index contributed by atoms with van der Waals surface area (Å²) in [7, 11) is 3.64. The first-order valence-corrected chi connectivity index (χ1v) is 12.0. The number of carbonyl (C=O) groups excluding carboxylic acids is 1. The number of phenols is 1. The van der Waals surface area contributed by atoms with Gasteiger partial charge in [0.1, 0.15) is 18.1 Å². The molecule has 0 spiro atoms. The van der Waals surface area contributed by atoms with Gasteiger partial charge in [-0.3, -0.25) is 9.48 Å². The molecule has 1 amide bonds. The van der Waals surface area contributed by atoms with Crippen LogP contribution in [-0.4, -0.2) is 62.9 Å². The van der Waals surface area contributed by atoms with Crippen molar-refractivity contribution in [2.75, 3.05) is 27.2 Å². The number of fused-ring (bicyclic) bond motifs is 1. The minimum absolute atomic E-state index is 0.0749. The van der Waals surface area contributed by atoms with E-state index >= 15 is 0 Å². The first-order valence-electron chi connectivity index (χ1n) is 12.0. The Hall–Kier alpha value is -3.98. The minimum Gasteiger partial charge on any atom is -0.508 e. The molecule has 4 aromatic rings. The summed E-state index contributed by atoms with van der Waals surface area (Å²) in [6, 6.07) is 10.3. The standard InChI is InChI=1S/C27H32N6O3/c1-6-33-18(3)19(15-29-33)16-32(5)27(35)22-14-25(31-23-8-7-20(34)13-21(22)23)24-9-10-26(17(2)30-24)36-12-11-28-4/h7-10,13-15,28,34H,6,11-12,16H2,1-5H3. The summed E-state index contributed by atoms with van der Waals surface area (Å²) in [5, 5.41) is 18.1. The van der Waals surface area contributed by atoms with Gasteiger partial charge in [-0.2, -0.15) is 5.10 Å². The molecule has 2 N–H and O–H groups in total. The van der Waals surface area contributed by atoms with E-state index in [-0.39, 0.29) is 11.7 Å². The van der Waals surface area contributed by atoms with Gasteiger partial charge in [0.2, 0.25) is 0 Å². The summed E-state index contributed by atoms with van der Waals surface area (Å²) in [5.74, 6) is 0.603. The normalized spacial score (nSPS) is 11.1. The molecule has 0 fully saturated rings. The van der Waals surface area contributed by atoms with Gasteiger partial charge in [-0.15, -0.1) is 0 Å². The number of rotatable bonds is 9. The molecule has 4 rings (SSSR count). The van der Waals surface area contributed by atoms with E-state index in [1.54, 1.807) is 42.4 Å². The first kappa shape index (κ1) is 25.1. The number of pyridine rings is 2. The van der Waals surface area contributed by atoms with E-state index in [9.17, 15) is 9.90 Å². The highest BCUT2D eigenvalue weighted by Gasteiger charge is 2.20. The lowest BCUT2D eigenvalue weighted by Crippen LogP contribution is -2.26. The van der Waals surface area contributed by atoms with Gasteiger partial charge in [0, 0.05) is 43.3 Å². The molecule has 1 aromatic carbocycles. The third-order valence-corrected chi connectivity index (χ3v) is 6.19. The minimum atomic E-state index is -0.179. The molecular formula is C27H32N6O3. The average molecular weight is 489 g/mol. The van der Waals surface area contributed by atoms with Crippen molar-refractivity contribution in [2.24, 2.45) is 0 Å². The Morgan fingerprint density at radius 2 is 1.94 bits per heavy atom. The largest absolute Gasteiger partial charge is 0.508 e. The molecular weight excluding hydrogens is 456 g/mol. The molecule has 36 heavy (non-hydrogen) atoms. The molecule has 0 aliphatic rings. The highest BCUT2D eigenvalue weighted by atomic mass is 16.5. The van der Waals surface area contributed by atoms with Crippen LogP contribution in [0.15, 0.2) is 42.6 Å². The van der Waals surface area contributed by atoms with Gasteiger partial charge < -0.3 is 20.1 Å². The summed E-state index contributed by atoms with van der Waals surface area (Å²) in [6.07, 6.45) is 1.80. The quantitative estimate of drug-likeness (QED) is 0.346. The van der Waals surface area contributed by atoms with E-state index in [0.29, 0.717) is 46.8 Å². The van der Waals surface area contributed by atoms with Crippen molar-refractivity contribution in [3.8, 4) is 22.9 Å². The molecule has 0 saturated heterocycles. The lowest BCUT2D eigenvalue weighted by molar-refractivity contribution is 0.0787. The fraction of sp³-hybridized carbons (Fsp3) is 0.333. The van der Waals surface area contributed by atoms with Crippen molar-refractivity contribution in [1.82, 2.24) is 30.0 Å². The van der Waals surface area contributed by atoms with E-state index in [0.717, 1.165) is 30.0 Å². The highest BCUT2D eigenvalue weighted by molar-refractivity contribution is 6.07. The molecule has 3 heterocycles. The third kappa shape index (κ3) is 5.16. The number of hydrogen-bond acceptors (Lipinski definition) is 7. The Bertz CT molecular complexity index is 1400. The summed E-state index contributed by atoms with van der Waals surface area (Å²) >= 11 is 0. The number of carbonyl (C=O) groups is 1. The van der Waals surface area contributed by atoms with Crippen molar-refractivity contribution in [3.63, 3.8) is 0 Å². The Morgan fingerprint density at radius 1 is 1.14 bits per heavy atom. The van der Waals surface area contributed by atoms with Crippen LogP contribution < -0.4 is 10.1 Å². The van der Waals surface area contributed by atoms with E-state index in [1.807, 2.05) is 44.6 Å². The second-order valence-electron chi connectivity index (χ2n) is 8.72. The van der Waals surface area contributed by atoms with Crippen LogP contribution in [-0.2, 0) is 13.1 Å². The number of nitrogens with zero attached hydrogens (tertiary/aromatic N) is 5. The Kier molecular flexibility index (Phi) is 7.49. The fourth-order valence-electron chi connectivity index (χ4n) is 4.12. The number of phenolic OH excluding ortho intramolecular Hbond substituents is 1. The van der Waals surface area contributed by atoms with Crippen molar-refractivity contribution in [3.05, 3.63) is 65.1 Å². The molecule has 9 heteroatoms. The molecule has 0 saturated carbocycles. The maximum absolute atomic E-state index is 13.7. The van der Waals surface area contributed by atoms with Gasteiger partial charge in [-0.1, -0.05) is 0 Å². The monoisotopic (exact) mass is 488 g/mol. The van der Waals surface area contributed by atoms with Gasteiger partial charge in [0.25, 0.3) is 5.91 Å².